The molecule has 108 valence electrons. The molecule has 1 aromatic rings. The molecule has 0 bridgehead atoms. The molecule has 0 saturated heterocycles. The maximum Gasteiger partial charge on any atom is 0.287 e. The van der Waals surface area contributed by atoms with Gasteiger partial charge in [-0.25, -0.2) is 4.68 Å². The molecule has 0 saturated carbocycles. The zero-order chi connectivity index (χ0) is 14.3. The molecule has 0 radical (unpaired) electrons. The van der Waals surface area contributed by atoms with Gasteiger partial charge in [0.15, 0.2) is 0 Å². The summed E-state index contributed by atoms with van der Waals surface area (Å²) >= 11 is 5.95. The summed E-state index contributed by atoms with van der Waals surface area (Å²) in [6.07, 6.45) is 0.760. The molecule has 7 nitrogen and oxygen atoms in total. The lowest BCUT2D eigenvalue weighted by molar-refractivity contribution is 0.0727. The van der Waals surface area contributed by atoms with E-state index < -0.39 is 11.7 Å². The van der Waals surface area contributed by atoms with Gasteiger partial charge in [-0.1, -0.05) is 11.6 Å². The van der Waals surface area contributed by atoms with Crippen molar-refractivity contribution >= 4 is 17.3 Å². The molecule has 0 aliphatic rings. The minimum absolute atomic E-state index is 0.0377. The van der Waals surface area contributed by atoms with E-state index >= 15 is 0 Å². The lowest BCUT2D eigenvalue weighted by Crippen LogP contribution is -2.28. The maximum atomic E-state index is 11.9. The van der Waals surface area contributed by atoms with Crippen LogP contribution in [0.15, 0.2) is 11.0 Å². The largest absolute Gasteiger partial charge is 0.389 e. The highest BCUT2D eigenvalue weighted by Crippen LogP contribution is 2.14. The number of methoxy groups -OCH3 is 2. The van der Waals surface area contributed by atoms with Gasteiger partial charge in [-0.05, 0) is 0 Å². The summed E-state index contributed by atoms with van der Waals surface area (Å²) in [5, 5.41) is 16.3. The van der Waals surface area contributed by atoms with Gasteiger partial charge in [0, 0.05) is 20.8 Å². The third-order valence-electron chi connectivity index (χ3n) is 2.38. The highest BCUT2D eigenvalue weighted by molar-refractivity contribution is 6.32. The Labute approximate surface area is 116 Å². The molecule has 1 atom stereocenters. The topological polar surface area (TPSA) is 85.6 Å². The zero-order valence-corrected chi connectivity index (χ0v) is 11.7. The first kappa shape index (κ1) is 15.9. The SMILES string of the molecule is COCCn1ncc(NCC(O)COC)c(Cl)c1=O. The molecule has 0 aromatic carbocycles. The predicted molar refractivity (Wildman–Crippen MR) is 71.8 cm³/mol. The molecule has 1 heterocycles. The van der Waals surface area contributed by atoms with Crippen LogP contribution in [-0.2, 0) is 16.0 Å². The van der Waals surface area contributed by atoms with E-state index in [1.165, 1.54) is 18.0 Å². The minimum atomic E-state index is -0.683. The number of nitrogens with one attached hydrogen (secondary N) is 1. The Hall–Kier alpha value is -1.15. The Balaban J connectivity index is 2.71. The van der Waals surface area contributed by atoms with E-state index in [9.17, 15) is 9.90 Å². The van der Waals surface area contributed by atoms with Gasteiger partial charge in [0.2, 0.25) is 0 Å². The van der Waals surface area contributed by atoms with Crippen molar-refractivity contribution in [1.82, 2.24) is 9.78 Å². The van der Waals surface area contributed by atoms with Crippen LogP contribution in [0.2, 0.25) is 5.02 Å². The standard InChI is InChI=1S/C11H18ClN3O4/c1-18-4-3-15-11(17)10(12)9(6-14-15)13-5-8(16)7-19-2/h6,8,13,16H,3-5,7H2,1-2H3. The highest BCUT2D eigenvalue weighted by atomic mass is 35.5. The van der Waals surface area contributed by atoms with Gasteiger partial charge < -0.3 is 19.9 Å². The van der Waals surface area contributed by atoms with E-state index in [0.29, 0.717) is 18.8 Å². The Morgan fingerprint density at radius 3 is 2.89 bits per heavy atom. The Kier molecular flexibility index (Phi) is 6.79. The maximum absolute atomic E-state index is 11.9. The van der Waals surface area contributed by atoms with Crippen molar-refractivity contribution in [3.63, 3.8) is 0 Å². The Morgan fingerprint density at radius 2 is 2.26 bits per heavy atom. The first-order valence-corrected chi connectivity index (χ1v) is 6.13. The molecule has 0 amide bonds. The molecule has 2 N–H and O–H groups in total. The van der Waals surface area contributed by atoms with Gasteiger partial charge in [-0.15, -0.1) is 0 Å². The van der Waals surface area contributed by atoms with E-state index in [1.807, 2.05) is 0 Å². The van der Waals surface area contributed by atoms with Gasteiger partial charge in [-0.3, -0.25) is 4.79 Å². The lowest BCUT2D eigenvalue weighted by Gasteiger charge is -2.13. The number of ether oxygens (including phenoxy) is 2. The summed E-state index contributed by atoms with van der Waals surface area (Å²) in [6, 6.07) is 0. The minimum Gasteiger partial charge on any atom is -0.389 e. The molecule has 1 aromatic heterocycles. The molecule has 1 rings (SSSR count). The van der Waals surface area contributed by atoms with Crippen LogP contribution in [0.1, 0.15) is 0 Å². The number of hydrogen-bond donors (Lipinski definition) is 2. The number of aliphatic hydroxyl groups is 1. The van der Waals surface area contributed by atoms with E-state index in [4.69, 9.17) is 21.1 Å². The summed E-state index contributed by atoms with van der Waals surface area (Å²) in [5.74, 6) is 0. The third-order valence-corrected chi connectivity index (χ3v) is 2.74. The van der Waals surface area contributed by atoms with Gasteiger partial charge in [0.1, 0.15) is 5.02 Å². The number of rotatable bonds is 8. The smallest absolute Gasteiger partial charge is 0.287 e. The molecular weight excluding hydrogens is 274 g/mol. The summed E-state index contributed by atoms with van der Waals surface area (Å²) < 4.78 is 10.9. The number of aromatic nitrogens is 2. The van der Waals surface area contributed by atoms with Crippen molar-refractivity contribution in [1.29, 1.82) is 0 Å². The van der Waals surface area contributed by atoms with Crippen LogP contribution in [0.25, 0.3) is 0 Å². The van der Waals surface area contributed by atoms with Gasteiger partial charge in [0.05, 0.1) is 37.7 Å². The van der Waals surface area contributed by atoms with Crippen molar-refractivity contribution in [3.8, 4) is 0 Å². The number of aliphatic hydroxyl groups excluding tert-OH is 1. The predicted octanol–water partition coefficient (Wildman–Crippen LogP) is -0.0377. The first-order valence-electron chi connectivity index (χ1n) is 5.75. The Morgan fingerprint density at radius 1 is 1.53 bits per heavy atom. The quantitative estimate of drug-likeness (QED) is 0.699. The Bertz CT molecular complexity index is 452. The summed E-state index contributed by atoms with van der Waals surface area (Å²) in [4.78, 5) is 11.9. The summed E-state index contributed by atoms with van der Waals surface area (Å²) in [6.45, 7) is 1.13. The molecule has 8 heteroatoms. The molecule has 0 fully saturated rings. The van der Waals surface area contributed by atoms with Crippen molar-refractivity contribution in [3.05, 3.63) is 21.6 Å². The van der Waals surface area contributed by atoms with Crippen molar-refractivity contribution in [2.24, 2.45) is 0 Å². The highest BCUT2D eigenvalue weighted by Gasteiger charge is 2.10. The second-order valence-electron chi connectivity index (χ2n) is 3.88. The fourth-order valence-electron chi connectivity index (χ4n) is 1.40. The monoisotopic (exact) mass is 291 g/mol. The molecule has 0 aliphatic heterocycles. The van der Waals surface area contributed by atoms with Crippen LogP contribution in [0, 0.1) is 0 Å². The van der Waals surface area contributed by atoms with Crippen molar-refractivity contribution in [2.45, 2.75) is 12.6 Å². The average Bonchev–Trinajstić information content (AvgIpc) is 2.40. The lowest BCUT2D eigenvalue weighted by atomic mass is 10.3. The number of halogens is 1. The van der Waals surface area contributed by atoms with Gasteiger partial charge in [0.25, 0.3) is 5.56 Å². The molecule has 1 unspecified atom stereocenters. The zero-order valence-electron chi connectivity index (χ0n) is 10.9. The fraction of sp³-hybridized carbons (Fsp3) is 0.636. The van der Waals surface area contributed by atoms with Crippen LogP contribution >= 0.6 is 11.6 Å². The molecule has 19 heavy (non-hydrogen) atoms. The number of nitrogens with zero attached hydrogens (tertiary/aromatic N) is 2. The van der Waals surface area contributed by atoms with E-state index in [-0.39, 0.29) is 18.2 Å². The summed E-state index contributed by atoms with van der Waals surface area (Å²) in [7, 11) is 3.04. The van der Waals surface area contributed by atoms with Gasteiger partial charge >= 0.3 is 0 Å². The van der Waals surface area contributed by atoms with Gasteiger partial charge in [-0.2, -0.15) is 5.10 Å². The summed E-state index contributed by atoms with van der Waals surface area (Å²) in [5.41, 5.74) is -0.0135. The molecular formula is C11H18ClN3O4. The van der Waals surface area contributed by atoms with E-state index in [0.717, 1.165) is 0 Å². The number of hydrogen-bond acceptors (Lipinski definition) is 6. The molecule has 0 aliphatic carbocycles. The molecule has 0 spiro atoms. The van der Waals surface area contributed by atoms with Crippen LogP contribution in [0.4, 0.5) is 5.69 Å². The van der Waals surface area contributed by atoms with Crippen LogP contribution in [0.3, 0.4) is 0 Å². The van der Waals surface area contributed by atoms with Crippen LogP contribution < -0.4 is 10.9 Å². The van der Waals surface area contributed by atoms with E-state index in [2.05, 4.69) is 10.4 Å². The third kappa shape index (κ3) is 4.79. The second kappa shape index (κ2) is 8.11. The fourth-order valence-corrected chi connectivity index (χ4v) is 1.62. The first-order chi connectivity index (χ1) is 9.10. The van der Waals surface area contributed by atoms with Crippen molar-refractivity contribution < 1.29 is 14.6 Å². The average molecular weight is 292 g/mol. The van der Waals surface area contributed by atoms with Crippen LogP contribution in [-0.4, -0.2) is 55.0 Å². The normalized spacial score (nSPS) is 12.4. The van der Waals surface area contributed by atoms with E-state index in [1.54, 1.807) is 7.11 Å². The van der Waals surface area contributed by atoms with Crippen molar-refractivity contribution in [2.75, 3.05) is 39.3 Å². The van der Waals surface area contributed by atoms with Crippen LogP contribution in [0.5, 0.6) is 0 Å². The second-order valence-corrected chi connectivity index (χ2v) is 4.26. The number of anilines is 1.